The van der Waals surface area contributed by atoms with Crippen LogP contribution in [0.5, 0.6) is 0 Å². The van der Waals surface area contributed by atoms with Gasteiger partial charge in [-0.05, 0) is 58.2 Å². The molecule has 0 saturated carbocycles. The first-order valence-electron chi connectivity index (χ1n) is 12.2. The molecular formula is C28H33N3O5. The summed E-state index contributed by atoms with van der Waals surface area (Å²) in [7, 11) is 0. The highest BCUT2D eigenvalue weighted by Crippen LogP contribution is 2.36. The van der Waals surface area contributed by atoms with Crippen LogP contribution in [-0.2, 0) is 30.5 Å². The van der Waals surface area contributed by atoms with Crippen molar-refractivity contribution in [1.82, 2.24) is 10.0 Å². The quantitative estimate of drug-likeness (QED) is 0.451. The Morgan fingerprint density at radius 3 is 2.36 bits per heavy atom. The molecule has 0 spiro atoms. The molecular weight excluding hydrogens is 458 g/mol. The number of aryl methyl sites for hydroxylation is 3. The summed E-state index contributed by atoms with van der Waals surface area (Å²) in [6.45, 7) is 11.9. The molecule has 2 aliphatic rings. The summed E-state index contributed by atoms with van der Waals surface area (Å²) >= 11 is 0. The predicted molar refractivity (Wildman–Crippen MR) is 135 cm³/mol. The minimum Gasteiger partial charge on any atom is -0.465 e. The fourth-order valence-corrected chi connectivity index (χ4v) is 5.16. The zero-order chi connectivity index (χ0) is 26.2. The molecule has 0 unspecified atom stereocenters. The van der Waals surface area contributed by atoms with E-state index in [4.69, 9.17) is 9.57 Å². The highest BCUT2D eigenvalue weighted by atomic mass is 16.7. The van der Waals surface area contributed by atoms with Gasteiger partial charge in [0.1, 0.15) is 5.71 Å². The molecule has 0 radical (unpaired) electrons. The van der Waals surface area contributed by atoms with E-state index in [1.807, 2.05) is 77.1 Å². The van der Waals surface area contributed by atoms with E-state index in [0.717, 1.165) is 32.8 Å². The Morgan fingerprint density at radius 2 is 1.75 bits per heavy atom. The number of carbonyl (C=O) groups excluding carboxylic acids is 3. The third kappa shape index (κ3) is 4.65. The van der Waals surface area contributed by atoms with Crippen LogP contribution in [0.1, 0.15) is 55.0 Å². The van der Waals surface area contributed by atoms with Gasteiger partial charge in [-0.2, -0.15) is 0 Å². The normalized spacial score (nSPS) is 21.3. The van der Waals surface area contributed by atoms with E-state index < -0.39 is 29.4 Å². The number of carbonyl (C=O) groups is 3. The minimum absolute atomic E-state index is 0.144. The molecule has 190 valence electrons. The smallest absolute Gasteiger partial charge is 0.319 e. The SMILES string of the molecule is CCOC(=O)[C@H]1C(c2c(C)cc(C)cc2C)=NO[C@@H]1C(=O)N1C(=O)CC(C)(C)N1Cc1ccccc1. The van der Waals surface area contributed by atoms with Crippen molar-refractivity contribution in [2.45, 2.75) is 66.2 Å². The number of amides is 2. The monoisotopic (exact) mass is 491 g/mol. The number of oxime groups is 1. The second-order valence-electron chi connectivity index (χ2n) is 10.1. The van der Waals surface area contributed by atoms with Crippen molar-refractivity contribution in [2.75, 3.05) is 6.61 Å². The van der Waals surface area contributed by atoms with Crippen LogP contribution in [0, 0.1) is 26.7 Å². The molecule has 36 heavy (non-hydrogen) atoms. The van der Waals surface area contributed by atoms with E-state index in [2.05, 4.69) is 5.16 Å². The molecule has 0 aliphatic carbocycles. The third-order valence-corrected chi connectivity index (χ3v) is 6.72. The van der Waals surface area contributed by atoms with Gasteiger partial charge in [0.2, 0.25) is 12.0 Å². The first-order chi connectivity index (χ1) is 17.0. The Hall–Kier alpha value is -3.52. The largest absolute Gasteiger partial charge is 0.465 e. The van der Waals surface area contributed by atoms with Crippen molar-refractivity contribution in [3.63, 3.8) is 0 Å². The van der Waals surface area contributed by atoms with Gasteiger partial charge in [0, 0.05) is 24.1 Å². The summed E-state index contributed by atoms with van der Waals surface area (Å²) in [5.41, 5.74) is 4.37. The molecule has 2 heterocycles. The number of imide groups is 1. The molecule has 1 saturated heterocycles. The number of esters is 1. The number of hydrazine groups is 1. The number of hydrogen-bond donors (Lipinski definition) is 0. The Bertz CT molecular complexity index is 1200. The van der Waals surface area contributed by atoms with Crippen LogP contribution in [0.25, 0.3) is 0 Å². The number of rotatable bonds is 6. The van der Waals surface area contributed by atoms with Crippen molar-refractivity contribution in [2.24, 2.45) is 11.1 Å². The van der Waals surface area contributed by atoms with E-state index >= 15 is 0 Å². The second kappa shape index (κ2) is 9.85. The standard InChI is InChI=1S/C28H33N3O5/c1-7-35-27(34)23-24(22-18(3)13-17(2)14-19(22)4)29-36-25(23)26(33)31-21(32)15-28(5,6)30(31)16-20-11-9-8-10-12-20/h8-14,23,25H,7,15-16H2,1-6H3/t23-,25-/m0/s1. The van der Waals surface area contributed by atoms with Crippen molar-refractivity contribution < 1.29 is 24.0 Å². The maximum atomic E-state index is 13.9. The Morgan fingerprint density at radius 1 is 1.11 bits per heavy atom. The lowest BCUT2D eigenvalue weighted by Crippen LogP contribution is -2.54. The number of ether oxygens (including phenoxy) is 1. The Balaban J connectivity index is 1.70. The van der Waals surface area contributed by atoms with Gasteiger partial charge < -0.3 is 9.57 Å². The molecule has 4 rings (SSSR count). The van der Waals surface area contributed by atoms with Gasteiger partial charge in [0.05, 0.1) is 6.61 Å². The molecule has 0 N–H and O–H groups in total. The fourth-order valence-electron chi connectivity index (χ4n) is 5.16. The predicted octanol–water partition coefficient (Wildman–Crippen LogP) is 3.85. The van der Waals surface area contributed by atoms with Crippen LogP contribution in [0.2, 0.25) is 0 Å². The summed E-state index contributed by atoms with van der Waals surface area (Å²) < 4.78 is 5.35. The third-order valence-electron chi connectivity index (χ3n) is 6.72. The number of hydrogen-bond acceptors (Lipinski definition) is 7. The Labute approximate surface area is 211 Å². The van der Waals surface area contributed by atoms with E-state index in [9.17, 15) is 14.4 Å². The van der Waals surface area contributed by atoms with E-state index in [-0.39, 0.29) is 18.9 Å². The van der Waals surface area contributed by atoms with Crippen LogP contribution >= 0.6 is 0 Å². The second-order valence-corrected chi connectivity index (χ2v) is 10.1. The van der Waals surface area contributed by atoms with Crippen LogP contribution in [0.4, 0.5) is 0 Å². The topological polar surface area (TPSA) is 88.5 Å². The zero-order valence-corrected chi connectivity index (χ0v) is 21.7. The van der Waals surface area contributed by atoms with Crippen LogP contribution < -0.4 is 0 Å². The highest BCUT2D eigenvalue weighted by molar-refractivity contribution is 6.17. The molecule has 2 aromatic rings. The number of benzene rings is 2. The summed E-state index contributed by atoms with van der Waals surface area (Å²) in [6.07, 6.45) is -1.15. The van der Waals surface area contributed by atoms with Crippen LogP contribution in [-0.4, -0.2) is 51.8 Å². The van der Waals surface area contributed by atoms with Gasteiger partial charge in [0.25, 0.3) is 5.91 Å². The number of nitrogens with zero attached hydrogens (tertiary/aromatic N) is 3. The maximum absolute atomic E-state index is 13.9. The first-order valence-corrected chi connectivity index (χ1v) is 12.2. The summed E-state index contributed by atoms with van der Waals surface area (Å²) in [5, 5.41) is 7.11. The molecule has 2 amide bonds. The van der Waals surface area contributed by atoms with Gasteiger partial charge in [-0.15, -0.1) is 0 Å². The van der Waals surface area contributed by atoms with Crippen molar-refractivity contribution in [1.29, 1.82) is 0 Å². The van der Waals surface area contributed by atoms with Crippen molar-refractivity contribution in [3.8, 4) is 0 Å². The molecule has 0 aromatic heterocycles. The molecule has 2 aromatic carbocycles. The molecule has 1 fully saturated rings. The Kier molecular flexibility index (Phi) is 7.00. The lowest BCUT2D eigenvalue weighted by molar-refractivity contribution is -0.174. The lowest BCUT2D eigenvalue weighted by Gasteiger charge is -2.36. The highest BCUT2D eigenvalue weighted by Gasteiger charge is 2.54. The van der Waals surface area contributed by atoms with E-state index in [0.29, 0.717) is 12.3 Å². The minimum atomic E-state index is -1.31. The molecule has 8 heteroatoms. The van der Waals surface area contributed by atoms with E-state index in [1.54, 1.807) is 11.9 Å². The first kappa shape index (κ1) is 25.6. The summed E-state index contributed by atoms with van der Waals surface area (Å²) in [6, 6.07) is 13.6. The van der Waals surface area contributed by atoms with Crippen molar-refractivity contribution in [3.05, 3.63) is 70.3 Å². The fraction of sp³-hybridized carbons (Fsp3) is 0.429. The van der Waals surface area contributed by atoms with Gasteiger partial charge in [-0.1, -0.05) is 53.2 Å². The van der Waals surface area contributed by atoms with Crippen molar-refractivity contribution >= 4 is 23.5 Å². The average molecular weight is 492 g/mol. The van der Waals surface area contributed by atoms with E-state index in [1.165, 1.54) is 0 Å². The van der Waals surface area contributed by atoms with Gasteiger partial charge in [-0.25, -0.2) is 10.0 Å². The molecule has 0 bridgehead atoms. The molecule has 2 atom stereocenters. The maximum Gasteiger partial charge on any atom is 0.319 e. The van der Waals surface area contributed by atoms with Gasteiger partial charge in [0.15, 0.2) is 5.92 Å². The molecule has 2 aliphatic heterocycles. The zero-order valence-electron chi connectivity index (χ0n) is 21.7. The average Bonchev–Trinajstić information content (AvgIpc) is 3.32. The van der Waals surface area contributed by atoms with Gasteiger partial charge in [-0.3, -0.25) is 14.4 Å². The van der Waals surface area contributed by atoms with Gasteiger partial charge >= 0.3 is 5.97 Å². The summed E-state index contributed by atoms with van der Waals surface area (Å²) in [5.74, 6) is -2.66. The summed E-state index contributed by atoms with van der Waals surface area (Å²) in [4.78, 5) is 45.9. The lowest BCUT2D eigenvalue weighted by atomic mass is 9.86. The molecule has 8 nitrogen and oxygen atoms in total. The van der Waals surface area contributed by atoms with Crippen LogP contribution in [0.15, 0.2) is 47.6 Å². The van der Waals surface area contributed by atoms with Crippen LogP contribution in [0.3, 0.4) is 0 Å².